The van der Waals surface area contributed by atoms with Gasteiger partial charge in [-0.3, -0.25) is 4.79 Å². The van der Waals surface area contributed by atoms with E-state index >= 15 is 0 Å². The van der Waals surface area contributed by atoms with Gasteiger partial charge in [0.25, 0.3) is 0 Å². The summed E-state index contributed by atoms with van der Waals surface area (Å²) >= 11 is 0. The monoisotopic (exact) mass is 378 g/mol. The van der Waals surface area contributed by atoms with Gasteiger partial charge in [-0.1, -0.05) is 0 Å². The van der Waals surface area contributed by atoms with Crippen molar-refractivity contribution in [1.29, 1.82) is 0 Å². The number of rotatable bonds is 1. The largest absolute Gasteiger partial charge is 0.503 e. The van der Waals surface area contributed by atoms with E-state index < -0.39 is 22.6 Å². The van der Waals surface area contributed by atoms with Gasteiger partial charge in [-0.05, 0) is 39.7 Å². The zero-order valence-corrected chi connectivity index (χ0v) is 15.5. The van der Waals surface area contributed by atoms with Crippen LogP contribution in [0.25, 0.3) is 11.0 Å². The Morgan fingerprint density at radius 2 is 1.96 bits per heavy atom. The number of phenolic OH excluding ortho intramolecular Hbond substituents is 1. The molecule has 0 atom stereocenters. The number of hydrogen-bond acceptors (Lipinski definition) is 6. The third-order valence-electron chi connectivity index (χ3n) is 4.55. The molecule has 1 aromatic carbocycles. The van der Waals surface area contributed by atoms with Crippen molar-refractivity contribution in [2.45, 2.75) is 45.1 Å². The van der Waals surface area contributed by atoms with Crippen molar-refractivity contribution < 1.29 is 23.4 Å². The number of halogens is 1. The van der Waals surface area contributed by atoms with Crippen LogP contribution in [-0.4, -0.2) is 34.8 Å². The van der Waals surface area contributed by atoms with Crippen LogP contribution in [0.5, 0.6) is 5.75 Å². The third kappa shape index (κ3) is 3.84. The summed E-state index contributed by atoms with van der Waals surface area (Å²) in [5, 5.41) is 9.65. The zero-order valence-electron chi connectivity index (χ0n) is 15.5. The Labute approximate surface area is 155 Å². The lowest BCUT2D eigenvalue weighted by Crippen LogP contribution is -2.41. The Kier molecular flexibility index (Phi) is 4.75. The summed E-state index contributed by atoms with van der Waals surface area (Å²) in [6, 6.07) is 2.24. The molecule has 1 aromatic heterocycles. The molecule has 2 heterocycles. The first-order chi connectivity index (χ1) is 12.6. The molecular weight excluding hydrogens is 355 g/mol. The number of nitrogen functional groups attached to an aromatic ring is 1. The van der Waals surface area contributed by atoms with Crippen molar-refractivity contribution in [1.82, 2.24) is 4.90 Å². The van der Waals surface area contributed by atoms with Crippen LogP contribution in [-0.2, 0) is 4.74 Å². The van der Waals surface area contributed by atoms with E-state index in [0.717, 1.165) is 6.07 Å². The topological polar surface area (TPSA) is 106 Å². The third-order valence-corrected chi connectivity index (χ3v) is 4.55. The molecule has 27 heavy (non-hydrogen) atoms. The van der Waals surface area contributed by atoms with Crippen LogP contribution in [0.1, 0.15) is 45.3 Å². The van der Waals surface area contributed by atoms with Gasteiger partial charge >= 0.3 is 6.09 Å². The molecule has 1 amide bonds. The summed E-state index contributed by atoms with van der Waals surface area (Å²) < 4.78 is 24.7. The highest BCUT2D eigenvalue weighted by Crippen LogP contribution is 2.35. The van der Waals surface area contributed by atoms with Crippen molar-refractivity contribution >= 4 is 22.7 Å². The molecule has 1 aliphatic rings. The maximum atomic E-state index is 13.6. The van der Waals surface area contributed by atoms with Gasteiger partial charge in [-0.15, -0.1) is 0 Å². The number of amides is 1. The van der Waals surface area contributed by atoms with E-state index in [-0.39, 0.29) is 28.7 Å². The number of nitrogens with zero attached hydrogens (tertiary/aromatic N) is 1. The van der Waals surface area contributed by atoms with Crippen LogP contribution in [0, 0.1) is 5.82 Å². The fourth-order valence-electron chi connectivity index (χ4n) is 3.16. The molecule has 0 aliphatic carbocycles. The Morgan fingerprint density at radius 3 is 2.56 bits per heavy atom. The minimum atomic E-state index is -0.967. The molecule has 0 spiro atoms. The number of likely N-dealkylation sites (tertiary alicyclic amines) is 1. The number of anilines is 1. The summed E-state index contributed by atoms with van der Waals surface area (Å²) in [5.74, 6) is -1.38. The van der Waals surface area contributed by atoms with E-state index in [1.165, 1.54) is 6.07 Å². The standard InChI is InChI=1S/C19H23FN2O5/c1-19(2,3)27-18(25)22-6-4-10(5-7-22)14-9-13(23)11-8-12(20)16(24)15(21)17(11)26-14/h8-10,24H,4-7,21H2,1-3H3. The van der Waals surface area contributed by atoms with E-state index in [9.17, 15) is 19.1 Å². The Hall–Kier alpha value is -2.77. The number of carbonyl (C=O) groups is 1. The fraction of sp³-hybridized carbons (Fsp3) is 0.474. The predicted molar refractivity (Wildman–Crippen MR) is 98.3 cm³/mol. The number of benzene rings is 1. The van der Waals surface area contributed by atoms with Gasteiger partial charge < -0.3 is 24.9 Å². The van der Waals surface area contributed by atoms with Gasteiger partial charge in [-0.2, -0.15) is 0 Å². The van der Waals surface area contributed by atoms with Crippen LogP contribution in [0.3, 0.4) is 0 Å². The Morgan fingerprint density at radius 1 is 1.33 bits per heavy atom. The second-order valence-electron chi connectivity index (χ2n) is 7.75. The predicted octanol–water partition coefficient (Wildman–Crippen LogP) is 3.33. The van der Waals surface area contributed by atoms with Crippen LogP contribution in [0.15, 0.2) is 21.3 Å². The highest BCUT2D eigenvalue weighted by molar-refractivity contribution is 5.90. The van der Waals surface area contributed by atoms with Crippen molar-refractivity contribution in [3.63, 3.8) is 0 Å². The molecule has 146 valence electrons. The van der Waals surface area contributed by atoms with Gasteiger partial charge in [0.05, 0.1) is 5.39 Å². The highest BCUT2D eigenvalue weighted by atomic mass is 19.1. The number of aromatic hydroxyl groups is 1. The van der Waals surface area contributed by atoms with Crippen molar-refractivity contribution in [3.8, 4) is 5.75 Å². The number of fused-ring (bicyclic) bond motifs is 1. The van der Waals surface area contributed by atoms with Crippen LogP contribution in [0.4, 0.5) is 14.9 Å². The molecule has 1 aliphatic heterocycles. The molecule has 1 fully saturated rings. The number of nitrogens with two attached hydrogens (primary N) is 1. The van der Waals surface area contributed by atoms with Crippen LogP contribution >= 0.6 is 0 Å². The first-order valence-corrected chi connectivity index (χ1v) is 8.79. The summed E-state index contributed by atoms with van der Waals surface area (Å²) in [6.07, 6.45) is 0.798. The van der Waals surface area contributed by atoms with Gasteiger partial charge in [0.1, 0.15) is 17.0 Å². The molecule has 7 nitrogen and oxygen atoms in total. The molecule has 0 radical (unpaired) electrons. The molecule has 3 rings (SSSR count). The fourth-order valence-corrected chi connectivity index (χ4v) is 3.16. The zero-order chi connectivity index (χ0) is 19.9. The molecule has 8 heteroatoms. The van der Waals surface area contributed by atoms with E-state index in [1.54, 1.807) is 4.90 Å². The molecule has 0 saturated carbocycles. The lowest BCUT2D eigenvalue weighted by Gasteiger charge is -2.33. The van der Waals surface area contributed by atoms with E-state index in [0.29, 0.717) is 31.7 Å². The maximum absolute atomic E-state index is 13.6. The molecule has 1 saturated heterocycles. The maximum Gasteiger partial charge on any atom is 0.410 e. The summed E-state index contributed by atoms with van der Waals surface area (Å²) in [5.41, 5.74) is 4.41. The highest BCUT2D eigenvalue weighted by Gasteiger charge is 2.29. The molecule has 2 aromatic rings. The minimum Gasteiger partial charge on any atom is -0.503 e. The number of phenols is 1. The second-order valence-corrected chi connectivity index (χ2v) is 7.75. The lowest BCUT2D eigenvalue weighted by molar-refractivity contribution is 0.0200. The summed E-state index contributed by atoms with van der Waals surface area (Å²) in [6.45, 7) is 6.36. The van der Waals surface area contributed by atoms with Gasteiger partial charge in [0.15, 0.2) is 22.6 Å². The molecule has 0 bridgehead atoms. The average molecular weight is 378 g/mol. The lowest BCUT2D eigenvalue weighted by atomic mass is 9.94. The number of piperidine rings is 1. The summed E-state index contributed by atoms with van der Waals surface area (Å²) in [4.78, 5) is 26.1. The second kappa shape index (κ2) is 6.75. The molecule has 3 N–H and O–H groups in total. The normalized spacial score (nSPS) is 15.9. The molecular formula is C19H23FN2O5. The number of carbonyl (C=O) groups excluding carboxylic acids is 1. The number of ether oxygens (including phenoxy) is 1. The summed E-state index contributed by atoms with van der Waals surface area (Å²) in [7, 11) is 0. The van der Waals surface area contributed by atoms with E-state index in [2.05, 4.69) is 0 Å². The van der Waals surface area contributed by atoms with E-state index in [1.807, 2.05) is 20.8 Å². The van der Waals surface area contributed by atoms with Gasteiger partial charge in [-0.25, -0.2) is 9.18 Å². The van der Waals surface area contributed by atoms with Crippen molar-refractivity contribution in [2.24, 2.45) is 0 Å². The first kappa shape index (κ1) is 19.0. The van der Waals surface area contributed by atoms with Crippen molar-refractivity contribution in [3.05, 3.63) is 33.9 Å². The first-order valence-electron chi connectivity index (χ1n) is 8.79. The number of hydrogen-bond donors (Lipinski definition) is 2. The Balaban J connectivity index is 1.82. The SMILES string of the molecule is CC(C)(C)OC(=O)N1CCC(c2cc(=O)c3cc(F)c(O)c(N)c3o2)CC1. The Bertz CT molecular complexity index is 940. The van der Waals surface area contributed by atoms with Crippen LogP contribution in [0.2, 0.25) is 0 Å². The van der Waals surface area contributed by atoms with Crippen LogP contribution < -0.4 is 11.2 Å². The average Bonchev–Trinajstić information content (AvgIpc) is 2.59. The van der Waals surface area contributed by atoms with Gasteiger partial charge in [0, 0.05) is 25.1 Å². The van der Waals surface area contributed by atoms with Crippen molar-refractivity contribution in [2.75, 3.05) is 18.8 Å². The minimum absolute atomic E-state index is 0.0160. The van der Waals surface area contributed by atoms with E-state index in [4.69, 9.17) is 14.9 Å². The molecule has 0 unspecified atom stereocenters. The quantitative estimate of drug-likeness (QED) is 0.582. The smallest absolute Gasteiger partial charge is 0.410 e. The van der Waals surface area contributed by atoms with Gasteiger partial charge in [0.2, 0.25) is 0 Å².